The van der Waals surface area contributed by atoms with Crippen LogP contribution in [0.25, 0.3) is 0 Å². The molecule has 0 fully saturated rings. The van der Waals surface area contributed by atoms with Gasteiger partial charge in [-0.25, -0.2) is 0 Å². The average Bonchev–Trinajstić information content (AvgIpc) is 2.36. The summed E-state index contributed by atoms with van der Waals surface area (Å²) in [5.41, 5.74) is -10.2. The lowest BCUT2D eigenvalue weighted by Crippen LogP contribution is -2.59. The maximum Gasteiger partial charge on any atom is 0.427 e. The molecule has 0 spiro atoms. The zero-order valence-electron chi connectivity index (χ0n) is 12.1. The molecule has 0 saturated heterocycles. The van der Waals surface area contributed by atoms with Crippen molar-refractivity contribution >= 4 is 23.5 Å². The number of alkyl halides is 12. The maximum atomic E-state index is 12.3. The summed E-state index contributed by atoms with van der Waals surface area (Å²) >= 11 is -0.351. The van der Waals surface area contributed by atoms with Crippen LogP contribution in [-0.2, 0) is 0 Å². The molecule has 0 atom stereocenters. The summed E-state index contributed by atoms with van der Waals surface area (Å²) < 4.78 is 148. The van der Waals surface area contributed by atoms with Crippen LogP contribution in [0.15, 0.2) is 0 Å². The van der Waals surface area contributed by atoms with Crippen molar-refractivity contribution < 1.29 is 62.9 Å². The molecule has 16 heteroatoms. The lowest BCUT2D eigenvalue weighted by molar-refractivity contribution is -0.359. The molecule has 0 unspecified atom stereocenters. The first-order chi connectivity index (χ1) is 11.2. The van der Waals surface area contributed by atoms with Crippen LogP contribution < -0.4 is 0 Å². The number of halogens is 12. The zero-order valence-corrected chi connectivity index (χ0v) is 13.7. The average molecular weight is 454 g/mol. The third-order valence-corrected chi connectivity index (χ3v) is 5.36. The van der Waals surface area contributed by atoms with Crippen molar-refractivity contribution in [1.82, 2.24) is 0 Å². The molecule has 0 amide bonds. The van der Waals surface area contributed by atoms with E-state index in [9.17, 15) is 52.7 Å². The fraction of sp³-hybridized carbons (Fsp3) is 1.00. The minimum Gasteiger partial charge on any atom is -0.373 e. The minimum atomic E-state index is -6.09. The molecule has 0 aliphatic carbocycles. The van der Waals surface area contributed by atoms with E-state index >= 15 is 0 Å². The van der Waals surface area contributed by atoms with E-state index in [2.05, 4.69) is 0 Å². The molecule has 0 aromatic carbocycles. The highest BCUT2D eigenvalue weighted by molar-refractivity contribution is 8.03. The second-order valence-corrected chi connectivity index (χ2v) is 7.03. The Hall–Kier alpha value is -0.220. The molecule has 0 bridgehead atoms. The molecule has 2 nitrogen and oxygen atoms in total. The molecule has 26 heavy (non-hydrogen) atoms. The molecular weight excluding hydrogens is 444 g/mol. The van der Waals surface area contributed by atoms with Gasteiger partial charge in [0.15, 0.2) is 0 Å². The quantitative estimate of drug-likeness (QED) is 0.448. The van der Waals surface area contributed by atoms with E-state index in [4.69, 9.17) is 10.2 Å². The number of hydrogen-bond donors (Lipinski definition) is 2. The van der Waals surface area contributed by atoms with Crippen molar-refractivity contribution in [2.75, 3.05) is 23.0 Å². The maximum absolute atomic E-state index is 12.3. The van der Waals surface area contributed by atoms with Crippen molar-refractivity contribution in [3.05, 3.63) is 0 Å². The van der Waals surface area contributed by atoms with E-state index in [1.54, 1.807) is 0 Å². The third kappa shape index (κ3) is 5.64. The van der Waals surface area contributed by atoms with Crippen molar-refractivity contribution in [2.24, 2.45) is 0 Å². The molecule has 0 radical (unpaired) electrons. The first-order valence-electron chi connectivity index (χ1n) is 6.08. The van der Waals surface area contributed by atoms with Gasteiger partial charge in [0.2, 0.25) is 0 Å². The largest absolute Gasteiger partial charge is 0.427 e. The van der Waals surface area contributed by atoms with E-state index in [0.29, 0.717) is 0 Å². The Morgan fingerprint density at radius 1 is 0.462 bits per heavy atom. The van der Waals surface area contributed by atoms with Crippen LogP contribution in [-0.4, -0.2) is 69.1 Å². The summed E-state index contributed by atoms with van der Waals surface area (Å²) in [5.74, 6) is -5.40. The van der Waals surface area contributed by atoms with Crippen LogP contribution >= 0.6 is 23.5 Å². The molecule has 0 rings (SSSR count). The Balaban J connectivity index is 4.69. The van der Waals surface area contributed by atoms with Gasteiger partial charge in [-0.05, 0) is 0 Å². The minimum absolute atomic E-state index is 0.175. The number of hydrogen-bond acceptors (Lipinski definition) is 4. The van der Waals surface area contributed by atoms with Gasteiger partial charge >= 0.3 is 24.7 Å². The fourth-order valence-electron chi connectivity index (χ4n) is 1.21. The van der Waals surface area contributed by atoms with Crippen molar-refractivity contribution in [3.8, 4) is 0 Å². The Bertz CT molecular complexity index is 383. The van der Waals surface area contributed by atoms with E-state index in [1.807, 2.05) is 0 Å². The van der Waals surface area contributed by atoms with Gasteiger partial charge in [0.05, 0.1) is 0 Å². The van der Waals surface area contributed by atoms with Crippen LogP contribution in [0.3, 0.4) is 0 Å². The lowest BCUT2D eigenvalue weighted by atomic mass is 10.1. The van der Waals surface area contributed by atoms with Crippen molar-refractivity contribution in [3.63, 3.8) is 0 Å². The molecular formula is C10H10F12O2S2. The molecule has 0 saturated carbocycles. The van der Waals surface area contributed by atoms with Gasteiger partial charge in [0, 0.05) is 23.0 Å². The van der Waals surface area contributed by atoms with E-state index in [-0.39, 0.29) is 23.5 Å². The predicted molar refractivity (Wildman–Crippen MR) is 68.8 cm³/mol. The highest BCUT2D eigenvalue weighted by atomic mass is 32.2. The summed E-state index contributed by atoms with van der Waals surface area (Å²) in [6, 6.07) is 0. The summed E-state index contributed by atoms with van der Waals surface area (Å²) in [6.07, 6.45) is -24.3. The van der Waals surface area contributed by atoms with Gasteiger partial charge in [0.1, 0.15) is 0 Å². The SMILES string of the molecule is OC(CSCCSCC(O)(C(F)(F)F)C(F)(F)F)(C(F)(F)F)C(F)(F)F. The van der Waals surface area contributed by atoms with E-state index in [0.717, 1.165) is 0 Å². The molecule has 0 aromatic rings. The van der Waals surface area contributed by atoms with Crippen molar-refractivity contribution in [1.29, 1.82) is 0 Å². The molecule has 0 aliphatic heterocycles. The summed E-state index contributed by atoms with van der Waals surface area (Å²) in [7, 11) is 0. The molecule has 158 valence electrons. The normalized spacial score (nSPS) is 15.5. The van der Waals surface area contributed by atoms with E-state index < -0.39 is 58.9 Å². The van der Waals surface area contributed by atoms with Gasteiger partial charge in [-0.3, -0.25) is 0 Å². The van der Waals surface area contributed by atoms with Crippen LogP contribution in [0.2, 0.25) is 0 Å². The third-order valence-electron chi connectivity index (χ3n) is 2.87. The number of rotatable bonds is 7. The van der Waals surface area contributed by atoms with Crippen LogP contribution in [0.1, 0.15) is 0 Å². The van der Waals surface area contributed by atoms with E-state index in [1.165, 1.54) is 0 Å². The first kappa shape index (κ1) is 25.8. The number of aliphatic hydroxyl groups is 2. The van der Waals surface area contributed by atoms with Gasteiger partial charge in [-0.1, -0.05) is 0 Å². The monoisotopic (exact) mass is 454 g/mol. The highest BCUT2D eigenvalue weighted by Crippen LogP contribution is 2.46. The second-order valence-electron chi connectivity index (χ2n) is 4.82. The zero-order chi connectivity index (χ0) is 21.2. The Kier molecular flexibility index (Phi) is 7.96. The topological polar surface area (TPSA) is 40.5 Å². The Morgan fingerprint density at radius 2 is 0.654 bits per heavy atom. The summed E-state index contributed by atoms with van der Waals surface area (Å²) in [5, 5.41) is 17.5. The second kappa shape index (κ2) is 8.03. The fourth-order valence-corrected chi connectivity index (χ4v) is 3.68. The molecule has 0 aromatic heterocycles. The van der Waals surface area contributed by atoms with Crippen molar-refractivity contribution in [2.45, 2.75) is 35.9 Å². The Labute approximate surface area is 146 Å². The smallest absolute Gasteiger partial charge is 0.373 e. The van der Waals surface area contributed by atoms with Crippen LogP contribution in [0, 0.1) is 0 Å². The molecule has 0 aliphatic rings. The van der Waals surface area contributed by atoms with Gasteiger partial charge in [-0.2, -0.15) is 76.2 Å². The molecule has 2 N–H and O–H groups in total. The summed E-state index contributed by atoms with van der Waals surface area (Å²) in [4.78, 5) is 0. The van der Waals surface area contributed by atoms with Crippen LogP contribution in [0.5, 0.6) is 0 Å². The highest BCUT2D eigenvalue weighted by Gasteiger charge is 2.71. The first-order valence-corrected chi connectivity index (χ1v) is 8.39. The summed E-state index contributed by atoms with van der Waals surface area (Å²) in [6.45, 7) is 0. The van der Waals surface area contributed by atoms with Crippen LogP contribution in [0.4, 0.5) is 52.7 Å². The standard InChI is InChI=1S/C10H10F12O2S2/c11-7(12,13)5(23,8(14,15)16)3-25-1-2-26-4-6(24,9(17,18)19)10(20,21)22/h23-24H,1-4H2. The van der Waals surface area contributed by atoms with Gasteiger partial charge < -0.3 is 10.2 Å². The molecule has 0 heterocycles. The van der Waals surface area contributed by atoms with Gasteiger partial charge in [-0.15, -0.1) is 0 Å². The lowest BCUT2D eigenvalue weighted by Gasteiger charge is -2.32. The van der Waals surface area contributed by atoms with Gasteiger partial charge in [0.25, 0.3) is 11.2 Å². The Morgan fingerprint density at radius 3 is 0.808 bits per heavy atom. The predicted octanol–water partition coefficient (Wildman–Crippen LogP) is 4.16. The number of thioether (sulfide) groups is 2.